The van der Waals surface area contributed by atoms with Crippen molar-refractivity contribution in [3.8, 4) is 0 Å². The number of amidine groups is 1. The van der Waals surface area contributed by atoms with Crippen LogP contribution in [0.3, 0.4) is 0 Å². The number of carbonyl (C=O) groups excluding carboxylic acids is 2. The predicted molar refractivity (Wildman–Crippen MR) is 141 cm³/mol. The smallest absolute Gasteiger partial charge is 0.338 e. The van der Waals surface area contributed by atoms with Gasteiger partial charge in [-0.05, 0) is 64.6 Å². The molecule has 8 heteroatoms. The van der Waals surface area contributed by atoms with Crippen molar-refractivity contribution >= 4 is 28.8 Å². The van der Waals surface area contributed by atoms with Gasteiger partial charge in [-0.3, -0.25) is 4.79 Å². The first kappa shape index (κ1) is 25.5. The molecule has 1 amide bonds. The summed E-state index contributed by atoms with van der Waals surface area (Å²) in [5.74, 6) is -0.385. The summed E-state index contributed by atoms with van der Waals surface area (Å²) >= 11 is 1.50. The Labute approximate surface area is 212 Å². The number of likely N-dealkylation sites (tertiary alicyclic amines) is 1. The lowest BCUT2D eigenvalue weighted by atomic mass is 9.93. The Kier molecular flexibility index (Phi) is 8.34. The normalized spacial score (nSPS) is 20.5. The molecule has 1 fully saturated rings. The summed E-state index contributed by atoms with van der Waals surface area (Å²) < 4.78 is 5.61. The maximum absolute atomic E-state index is 13.2. The highest BCUT2D eigenvalue weighted by Crippen LogP contribution is 2.45. The quantitative estimate of drug-likeness (QED) is 0.534. The average Bonchev–Trinajstić information content (AvgIpc) is 3.20. The zero-order chi connectivity index (χ0) is 24.9. The van der Waals surface area contributed by atoms with E-state index < -0.39 is 6.04 Å². The highest BCUT2D eigenvalue weighted by molar-refractivity contribution is 8.16. The Morgan fingerprint density at radius 2 is 1.97 bits per heavy atom. The number of carbonyl (C=O) groups is 2. The number of nitrogens with one attached hydrogen (secondary N) is 1. The molecule has 1 saturated heterocycles. The SMILES string of the molecule is CC1=C(C(=O)OC(C)C)[C@H](c2cccc(C)c2)N2C(CC(=O)NCCN3CCCCC3)=CSC2=N1. The molecule has 0 unspecified atom stereocenters. The van der Waals surface area contributed by atoms with Crippen molar-refractivity contribution in [1.29, 1.82) is 0 Å². The van der Waals surface area contributed by atoms with Gasteiger partial charge >= 0.3 is 5.97 Å². The lowest BCUT2D eigenvalue weighted by Gasteiger charge is -2.36. The molecule has 3 aliphatic heterocycles. The highest BCUT2D eigenvalue weighted by Gasteiger charge is 2.41. The number of rotatable bonds is 8. The summed E-state index contributed by atoms with van der Waals surface area (Å²) in [5.41, 5.74) is 4.10. The minimum absolute atomic E-state index is 0.0179. The number of amides is 1. The maximum Gasteiger partial charge on any atom is 0.338 e. The summed E-state index contributed by atoms with van der Waals surface area (Å²) in [6.07, 6.45) is 3.78. The van der Waals surface area contributed by atoms with E-state index in [1.807, 2.05) is 56.2 Å². The largest absolute Gasteiger partial charge is 0.459 e. The van der Waals surface area contributed by atoms with Crippen LogP contribution in [0.2, 0.25) is 0 Å². The molecule has 3 heterocycles. The average molecular weight is 497 g/mol. The molecule has 0 saturated carbocycles. The lowest BCUT2D eigenvalue weighted by molar-refractivity contribution is -0.143. The number of aryl methyl sites for hydroxylation is 1. The Bertz CT molecular complexity index is 1060. The first-order valence-electron chi connectivity index (χ1n) is 12.5. The summed E-state index contributed by atoms with van der Waals surface area (Å²) in [4.78, 5) is 35.3. The second-order valence-corrected chi connectivity index (χ2v) is 10.5. The number of benzene rings is 1. The second kappa shape index (κ2) is 11.4. The first-order valence-corrected chi connectivity index (χ1v) is 13.4. The van der Waals surface area contributed by atoms with Crippen LogP contribution in [0.5, 0.6) is 0 Å². The van der Waals surface area contributed by atoms with Gasteiger partial charge in [-0.15, -0.1) is 0 Å². The standard InChI is InChI=1S/C27H36N4O3S/c1-18(2)34-26(33)24-20(4)29-27-31(25(24)21-10-8-9-19(3)15-21)22(17-35-27)16-23(32)28-11-14-30-12-6-5-7-13-30/h8-10,15,17-18,25H,5-7,11-14,16H2,1-4H3,(H,28,32)/t25-/m0/s1. The minimum atomic E-state index is -0.393. The number of aliphatic imine (C=N–C) groups is 1. The van der Waals surface area contributed by atoms with Crippen molar-refractivity contribution in [3.63, 3.8) is 0 Å². The summed E-state index contributed by atoms with van der Waals surface area (Å²) in [5, 5.41) is 5.85. The molecule has 3 aliphatic rings. The van der Waals surface area contributed by atoms with Crippen molar-refractivity contribution in [2.45, 2.75) is 65.5 Å². The summed E-state index contributed by atoms with van der Waals surface area (Å²) in [7, 11) is 0. The number of hydrogen-bond acceptors (Lipinski definition) is 7. The Morgan fingerprint density at radius 3 is 2.69 bits per heavy atom. The van der Waals surface area contributed by atoms with Gasteiger partial charge in [-0.1, -0.05) is 48.0 Å². The monoisotopic (exact) mass is 496 g/mol. The zero-order valence-corrected chi connectivity index (χ0v) is 22.0. The molecule has 1 aromatic rings. The number of thioether (sulfide) groups is 1. The van der Waals surface area contributed by atoms with Crippen LogP contribution in [-0.2, 0) is 14.3 Å². The van der Waals surface area contributed by atoms with E-state index in [0.717, 1.165) is 41.6 Å². The molecule has 188 valence electrons. The van der Waals surface area contributed by atoms with E-state index in [-0.39, 0.29) is 24.4 Å². The number of hydrogen-bond donors (Lipinski definition) is 1. The molecule has 4 rings (SSSR count). The molecule has 0 spiro atoms. The van der Waals surface area contributed by atoms with Crippen LogP contribution in [0.4, 0.5) is 0 Å². The Morgan fingerprint density at radius 1 is 1.20 bits per heavy atom. The number of esters is 1. The van der Waals surface area contributed by atoms with Crippen LogP contribution in [0.1, 0.15) is 63.6 Å². The number of piperidine rings is 1. The van der Waals surface area contributed by atoms with Gasteiger partial charge < -0.3 is 19.9 Å². The summed E-state index contributed by atoms with van der Waals surface area (Å²) in [6, 6.07) is 7.75. The van der Waals surface area contributed by atoms with Crippen LogP contribution in [0.25, 0.3) is 0 Å². The Hall–Kier alpha value is -2.58. The van der Waals surface area contributed by atoms with Crippen LogP contribution >= 0.6 is 11.8 Å². The van der Waals surface area contributed by atoms with Gasteiger partial charge in [0.1, 0.15) is 0 Å². The topological polar surface area (TPSA) is 74.2 Å². The zero-order valence-electron chi connectivity index (χ0n) is 21.2. The van der Waals surface area contributed by atoms with Crippen LogP contribution in [0.15, 0.2) is 51.6 Å². The first-order chi connectivity index (χ1) is 16.8. The fourth-order valence-corrected chi connectivity index (χ4v) is 5.79. The molecule has 1 atom stereocenters. The van der Waals surface area contributed by atoms with Gasteiger partial charge in [0.2, 0.25) is 5.91 Å². The molecule has 0 radical (unpaired) electrons. The van der Waals surface area contributed by atoms with E-state index in [1.165, 1.54) is 31.0 Å². The van der Waals surface area contributed by atoms with Crippen LogP contribution in [-0.4, -0.2) is 59.1 Å². The van der Waals surface area contributed by atoms with Gasteiger partial charge in [-0.25, -0.2) is 9.79 Å². The highest BCUT2D eigenvalue weighted by atomic mass is 32.2. The third kappa shape index (κ3) is 6.16. The van der Waals surface area contributed by atoms with Gasteiger partial charge in [0.05, 0.1) is 29.8 Å². The maximum atomic E-state index is 13.2. The van der Waals surface area contributed by atoms with Gasteiger partial charge in [0.15, 0.2) is 5.17 Å². The van der Waals surface area contributed by atoms with Gasteiger partial charge in [-0.2, -0.15) is 0 Å². The number of allylic oxidation sites excluding steroid dienone is 1. The molecular formula is C27H36N4O3S. The van der Waals surface area contributed by atoms with E-state index in [2.05, 4.69) is 16.3 Å². The molecule has 7 nitrogen and oxygen atoms in total. The van der Waals surface area contributed by atoms with Crippen LogP contribution < -0.4 is 5.32 Å². The number of ether oxygens (including phenoxy) is 1. The molecule has 35 heavy (non-hydrogen) atoms. The van der Waals surface area contributed by atoms with E-state index in [0.29, 0.717) is 17.8 Å². The molecular weight excluding hydrogens is 460 g/mol. The lowest BCUT2D eigenvalue weighted by Crippen LogP contribution is -2.40. The fraction of sp³-hybridized carbons (Fsp3) is 0.519. The molecule has 1 aromatic carbocycles. The van der Waals surface area contributed by atoms with E-state index in [4.69, 9.17) is 9.73 Å². The van der Waals surface area contributed by atoms with Crippen molar-refractivity contribution in [3.05, 3.63) is 57.8 Å². The van der Waals surface area contributed by atoms with Crippen molar-refractivity contribution in [2.75, 3.05) is 26.2 Å². The molecule has 0 aromatic heterocycles. The van der Waals surface area contributed by atoms with E-state index in [1.54, 1.807) is 0 Å². The van der Waals surface area contributed by atoms with Crippen molar-refractivity contribution in [1.82, 2.24) is 15.1 Å². The van der Waals surface area contributed by atoms with E-state index in [9.17, 15) is 9.59 Å². The van der Waals surface area contributed by atoms with Gasteiger partial charge in [0.25, 0.3) is 0 Å². The Balaban J connectivity index is 1.53. The summed E-state index contributed by atoms with van der Waals surface area (Å²) in [6.45, 7) is 11.3. The minimum Gasteiger partial charge on any atom is -0.459 e. The molecule has 0 aliphatic carbocycles. The fourth-order valence-electron chi connectivity index (χ4n) is 4.83. The van der Waals surface area contributed by atoms with Crippen LogP contribution in [0, 0.1) is 6.92 Å². The second-order valence-electron chi connectivity index (χ2n) is 9.69. The van der Waals surface area contributed by atoms with Gasteiger partial charge in [0, 0.05) is 18.8 Å². The number of fused-ring (bicyclic) bond motifs is 1. The third-order valence-corrected chi connectivity index (χ3v) is 7.35. The molecule has 1 N–H and O–H groups in total. The predicted octanol–water partition coefficient (Wildman–Crippen LogP) is 4.51. The van der Waals surface area contributed by atoms with E-state index >= 15 is 0 Å². The third-order valence-electron chi connectivity index (χ3n) is 6.46. The number of nitrogens with zero attached hydrogens (tertiary/aromatic N) is 3. The van der Waals surface area contributed by atoms with Crippen molar-refractivity contribution < 1.29 is 14.3 Å². The molecule has 0 bridgehead atoms. The van der Waals surface area contributed by atoms with Crippen molar-refractivity contribution in [2.24, 2.45) is 4.99 Å².